The van der Waals surface area contributed by atoms with Crippen LogP contribution in [0.15, 0.2) is 24.3 Å². The number of carbonyl (C=O) groups is 1. The maximum Gasteiger partial charge on any atom is 0.173 e. The summed E-state index contributed by atoms with van der Waals surface area (Å²) < 4.78 is 6.29. The van der Waals surface area contributed by atoms with E-state index < -0.39 is 0 Å². The quantitative estimate of drug-likeness (QED) is 0.832. The molecule has 1 aromatic rings. The number of ether oxygens (including phenoxy) is 1. The molecule has 0 bridgehead atoms. The van der Waals surface area contributed by atoms with Crippen LogP contribution in [0.3, 0.4) is 0 Å². The fraction of sp³-hybridized carbons (Fsp3) is 0.579. The number of hydrogen-bond donors (Lipinski definition) is 0. The summed E-state index contributed by atoms with van der Waals surface area (Å²) in [6, 6.07) is 9.77. The fourth-order valence-electron chi connectivity index (χ4n) is 4.03. The van der Waals surface area contributed by atoms with E-state index in [0.717, 1.165) is 18.6 Å². The summed E-state index contributed by atoms with van der Waals surface area (Å²) >= 11 is 0. The molecule has 3 unspecified atom stereocenters. The third kappa shape index (κ3) is 2.75. The van der Waals surface area contributed by atoms with E-state index in [0.29, 0.717) is 17.9 Å². The first kappa shape index (κ1) is 15.1. The van der Waals surface area contributed by atoms with Crippen LogP contribution in [-0.4, -0.2) is 11.9 Å². The van der Waals surface area contributed by atoms with Gasteiger partial charge in [0.2, 0.25) is 0 Å². The van der Waals surface area contributed by atoms with Crippen LogP contribution in [-0.2, 0) is 0 Å². The molecule has 3 atom stereocenters. The standard InChI is InChI=1S/C19H23NO2/c1-13(11-12-20)17-18(21)15-9-5-6-10-16(15)22-19(17)14-7-3-2-4-8-14/h5-6,9-10,13-14,17,19H,2-4,7-8,11H2,1H3. The average molecular weight is 297 g/mol. The number of hydrogen-bond acceptors (Lipinski definition) is 3. The molecule has 116 valence electrons. The molecular formula is C19H23NO2. The van der Waals surface area contributed by atoms with Crippen LogP contribution in [0.5, 0.6) is 5.75 Å². The Morgan fingerprint density at radius 3 is 2.73 bits per heavy atom. The second-order valence-electron chi connectivity index (χ2n) is 6.71. The molecule has 22 heavy (non-hydrogen) atoms. The fourth-order valence-corrected chi connectivity index (χ4v) is 4.03. The number of nitrogens with zero attached hydrogens (tertiary/aromatic N) is 1. The molecular weight excluding hydrogens is 274 g/mol. The van der Waals surface area contributed by atoms with Crippen LogP contribution in [0.4, 0.5) is 0 Å². The van der Waals surface area contributed by atoms with Gasteiger partial charge in [-0.05, 0) is 36.8 Å². The number of carbonyl (C=O) groups excluding carboxylic acids is 1. The van der Waals surface area contributed by atoms with Gasteiger partial charge in [0, 0.05) is 6.42 Å². The Morgan fingerprint density at radius 2 is 2.00 bits per heavy atom. The Hall–Kier alpha value is -1.82. The average Bonchev–Trinajstić information content (AvgIpc) is 2.55. The van der Waals surface area contributed by atoms with E-state index in [4.69, 9.17) is 10.00 Å². The van der Waals surface area contributed by atoms with Crippen LogP contribution >= 0.6 is 0 Å². The van der Waals surface area contributed by atoms with Crippen LogP contribution in [0, 0.1) is 29.1 Å². The van der Waals surface area contributed by atoms with Crippen molar-refractivity contribution >= 4 is 5.78 Å². The molecule has 0 N–H and O–H groups in total. The molecule has 1 saturated carbocycles. The Morgan fingerprint density at radius 1 is 1.27 bits per heavy atom. The molecule has 1 heterocycles. The van der Waals surface area contributed by atoms with Crippen molar-refractivity contribution in [3.8, 4) is 11.8 Å². The minimum Gasteiger partial charge on any atom is -0.489 e. The van der Waals surface area contributed by atoms with Gasteiger partial charge in [-0.15, -0.1) is 0 Å². The van der Waals surface area contributed by atoms with Crippen molar-refractivity contribution in [1.82, 2.24) is 0 Å². The van der Waals surface area contributed by atoms with Gasteiger partial charge < -0.3 is 4.74 Å². The lowest BCUT2D eigenvalue weighted by Crippen LogP contribution is -2.46. The lowest BCUT2D eigenvalue weighted by molar-refractivity contribution is 0.0206. The third-order valence-corrected chi connectivity index (χ3v) is 5.21. The number of fused-ring (bicyclic) bond motifs is 1. The number of Topliss-reactive ketones (excluding diaryl/α,β-unsaturated/α-hetero) is 1. The minimum absolute atomic E-state index is 0.0396. The zero-order chi connectivity index (χ0) is 15.5. The number of para-hydroxylation sites is 1. The molecule has 1 aliphatic carbocycles. The van der Waals surface area contributed by atoms with Gasteiger partial charge in [0.05, 0.1) is 17.6 Å². The van der Waals surface area contributed by atoms with Gasteiger partial charge in [0.15, 0.2) is 5.78 Å². The van der Waals surface area contributed by atoms with Gasteiger partial charge in [0.1, 0.15) is 11.9 Å². The first-order chi connectivity index (χ1) is 10.7. The zero-order valence-electron chi connectivity index (χ0n) is 13.1. The molecule has 1 fully saturated rings. The Balaban J connectivity index is 1.94. The third-order valence-electron chi connectivity index (χ3n) is 5.21. The molecule has 3 heteroatoms. The van der Waals surface area contributed by atoms with Crippen LogP contribution in [0.2, 0.25) is 0 Å². The highest BCUT2D eigenvalue weighted by Crippen LogP contribution is 2.41. The Kier molecular flexibility index (Phi) is 4.47. The van der Waals surface area contributed by atoms with E-state index in [-0.39, 0.29) is 23.7 Å². The van der Waals surface area contributed by atoms with E-state index in [1.54, 1.807) is 0 Å². The number of rotatable bonds is 3. The highest BCUT2D eigenvalue weighted by Gasteiger charge is 2.44. The first-order valence-corrected chi connectivity index (χ1v) is 8.39. The van der Waals surface area contributed by atoms with Crippen molar-refractivity contribution in [2.45, 2.75) is 51.6 Å². The van der Waals surface area contributed by atoms with Gasteiger partial charge in [-0.2, -0.15) is 5.26 Å². The molecule has 0 spiro atoms. The van der Waals surface area contributed by atoms with Crippen molar-refractivity contribution in [3.05, 3.63) is 29.8 Å². The van der Waals surface area contributed by atoms with E-state index in [1.807, 2.05) is 31.2 Å². The Bertz CT molecular complexity index is 583. The zero-order valence-corrected chi connectivity index (χ0v) is 13.1. The highest BCUT2D eigenvalue weighted by molar-refractivity contribution is 6.01. The summed E-state index contributed by atoms with van der Waals surface area (Å²) in [4.78, 5) is 13.0. The lowest BCUT2D eigenvalue weighted by Gasteiger charge is -2.40. The van der Waals surface area contributed by atoms with E-state index in [2.05, 4.69) is 6.07 Å². The molecule has 0 amide bonds. The van der Waals surface area contributed by atoms with Crippen molar-refractivity contribution in [2.75, 3.05) is 0 Å². The molecule has 0 aromatic heterocycles. The largest absolute Gasteiger partial charge is 0.489 e. The van der Waals surface area contributed by atoms with Gasteiger partial charge >= 0.3 is 0 Å². The predicted octanol–water partition coefficient (Wildman–Crippen LogP) is 4.38. The summed E-state index contributed by atoms with van der Waals surface area (Å²) in [6.45, 7) is 2.01. The number of ketones is 1. The minimum atomic E-state index is -0.183. The van der Waals surface area contributed by atoms with Gasteiger partial charge in [-0.1, -0.05) is 38.3 Å². The monoisotopic (exact) mass is 297 g/mol. The first-order valence-electron chi connectivity index (χ1n) is 8.39. The van der Waals surface area contributed by atoms with Crippen molar-refractivity contribution in [3.63, 3.8) is 0 Å². The molecule has 0 radical (unpaired) electrons. The molecule has 1 aromatic carbocycles. The second-order valence-corrected chi connectivity index (χ2v) is 6.71. The van der Waals surface area contributed by atoms with E-state index >= 15 is 0 Å². The maximum absolute atomic E-state index is 13.0. The summed E-state index contributed by atoms with van der Waals surface area (Å²) in [7, 11) is 0. The predicted molar refractivity (Wildman–Crippen MR) is 84.6 cm³/mol. The van der Waals surface area contributed by atoms with Crippen LogP contribution in [0.25, 0.3) is 0 Å². The molecule has 0 saturated heterocycles. The summed E-state index contributed by atoms with van der Waals surface area (Å²) in [5.41, 5.74) is 0.685. The van der Waals surface area contributed by atoms with Crippen LogP contribution in [0.1, 0.15) is 55.8 Å². The Labute approximate surface area is 132 Å². The second kappa shape index (κ2) is 6.52. The van der Waals surface area contributed by atoms with Gasteiger partial charge in [0.25, 0.3) is 0 Å². The normalized spacial score (nSPS) is 26.6. The summed E-state index contributed by atoms with van der Waals surface area (Å²) in [5.74, 6) is 1.19. The highest BCUT2D eigenvalue weighted by atomic mass is 16.5. The molecule has 3 rings (SSSR count). The van der Waals surface area contributed by atoms with E-state index in [1.165, 1.54) is 19.3 Å². The smallest absolute Gasteiger partial charge is 0.173 e. The molecule has 3 nitrogen and oxygen atoms in total. The lowest BCUT2D eigenvalue weighted by atomic mass is 9.71. The SMILES string of the molecule is CC(CC#N)C1C(=O)c2ccccc2OC1C1CCCCC1. The maximum atomic E-state index is 13.0. The van der Waals surface area contributed by atoms with E-state index in [9.17, 15) is 4.79 Å². The van der Waals surface area contributed by atoms with Crippen molar-refractivity contribution in [2.24, 2.45) is 17.8 Å². The summed E-state index contributed by atoms with van der Waals surface area (Å²) in [6.07, 6.45) is 6.34. The topological polar surface area (TPSA) is 50.1 Å². The number of benzene rings is 1. The van der Waals surface area contributed by atoms with Crippen LogP contribution < -0.4 is 4.74 Å². The van der Waals surface area contributed by atoms with Gasteiger partial charge in [-0.25, -0.2) is 0 Å². The van der Waals surface area contributed by atoms with Gasteiger partial charge in [-0.3, -0.25) is 4.79 Å². The molecule has 1 aliphatic heterocycles. The molecule has 2 aliphatic rings. The summed E-state index contributed by atoms with van der Waals surface area (Å²) in [5, 5.41) is 9.04. The number of nitriles is 1. The van der Waals surface area contributed by atoms with Crippen molar-refractivity contribution in [1.29, 1.82) is 5.26 Å². The van der Waals surface area contributed by atoms with Crippen molar-refractivity contribution < 1.29 is 9.53 Å².